The topological polar surface area (TPSA) is 107 Å². The van der Waals surface area contributed by atoms with E-state index >= 15 is 0 Å². The summed E-state index contributed by atoms with van der Waals surface area (Å²) in [5.41, 5.74) is 0.474. The summed E-state index contributed by atoms with van der Waals surface area (Å²) in [6, 6.07) is 5.95. The highest BCUT2D eigenvalue weighted by atomic mass is 32.2. The Morgan fingerprint density at radius 2 is 2.24 bits per heavy atom. The Morgan fingerprint density at radius 3 is 2.90 bits per heavy atom. The Kier molecular flexibility index (Phi) is 4.43. The van der Waals surface area contributed by atoms with Crippen LogP contribution in [0.3, 0.4) is 0 Å². The van der Waals surface area contributed by atoms with Crippen molar-refractivity contribution in [1.29, 1.82) is 0 Å². The number of hydrogen-bond acceptors (Lipinski definition) is 6. The Hall–Kier alpha value is -2.55. The summed E-state index contributed by atoms with van der Waals surface area (Å²) in [4.78, 5) is 11.5. The monoisotopic (exact) mass is 307 g/mol. The summed E-state index contributed by atoms with van der Waals surface area (Å²) >= 11 is 0. The molecule has 0 unspecified atom stereocenters. The van der Waals surface area contributed by atoms with Gasteiger partial charge in [-0.1, -0.05) is 12.1 Å². The van der Waals surface area contributed by atoms with Crippen molar-refractivity contribution in [3.63, 3.8) is 0 Å². The molecule has 1 aromatic carbocycles. The first-order valence-electron chi connectivity index (χ1n) is 6.03. The Bertz CT molecular complexity index is 740. The largest absolute Gasteiger partial charge is 0.274 e. The maximum absolute atomic E-state index is 12.1. The first kappa shape index (κ1) is 14.9. The van der Waals surface area contributed by atoms with Gasteiger partial charge in [0.25, 0.3) is 10.0 Å². The van der Waals surface area contributed by atoms with Crippen molar-refractivity contribution in [2.24, 2.45) is 0 Å². The summed E-state index contributed by atoms with van der Waals surface area (Å²) in [6.45, 7) is 3.48. The van der Waals surface area contributed by atoms with E-state index in [1.54, 1.807) is 18.2 Å². The SMILES string of the molecule is C=CCCC(=O)NS(=O)(=O)c1cccc(-n2cnnn2)c1. The van der Waals surface area contributed by atoms with Crippen molar-refractivity contribution < 1.29 is 13.2 Å². The lowest BCUT2D eigenvalue weighted by molar-refractivity contribution is -0.119. The van der Waals surface area contributed by atoms with Crippen molar-refractivity contribution in [3.8, 4) is 5.69 Å². The molecule has 21 heavy (non-hydrogen) atoms. The Labute approximate surface area is 121 Å². The second kappa shape index (κ2) is 6.27. The molecule has 0 saturated heterocycles. The minimum atomic E-state index is -3.92. The number of allylic oxidation sites excluding steroid dienone is 1. The molecular weight excluding hydrogens is 294 g/mol. The van der Waals surface area contributed by atoms with Gasteiger partial charge in [0.1, 0.15) is 6.33 Å². The summed E-state index contributed by atoms with van der Waals surface area (Å²) in [7, 11) is -3.92. The predicted molar refractivity (Wildman–Crippen MR) is 73.9 cm³/mol. The second-order valence-corrected chi connectivity index (χ2v) is 5.79. The van der Waals surface area contributed by atoms with Crippen LogP contribution >= 0.6 is 0 Å². The maximum Gasteiger partial charge on any atom is 0.264 e. The van der Waals surface area contributed by atoms with E-state index in [1.807, 2.05) is 4.72 Å². The van der Waals surface area contributed by atoms with Gasteiger partial charge in [-0.05, 0) is 35.0 Å². The van der Waals surface area contributed by atoms with E-state index < -0.39 is 15.9 Å². The number of nitrogens with zero attached hydrogens (tertiary/aromatic N) is 4. The minimum absolute atomic E-state index is 0.0394. The Morgan fingerprint density at radius 1 is 1.43 bits per heavy atom. The summed E-state index contributed by atoms with van der Waals surface area (Å²) in [5.74, 6) is -0.581. The number of rotatable bonds is 6. The van der Waals surface area contributed by atoms with Crippen LogP contribution < -0.4 is 4.72 Å². The molecule has 0 saturated carbocycles. The highest BCUT2D eigenvalue weighted by Crippen LogP contribution is 2.14. The lowest BCUT2D eigenvalue weighted by Crippen LogP contribution is -2.30. The van der Waals surface area contributed by atoms with Gasteiger partial charge in [-0.15, -0.1) is 11.7 Å². The van der Waals surface area contributed by atoms with Crippen LogP contribution in [0.1, 0.15) is 12.8 Å². The van der Waals surface area contributed by atoms with Crippen LogP contribution in [-0.4, -0.2) is 34.5 Å². The highest BCUT2D eigenvalue weighted by molar-refractivity contribution is 7.90. The molecule has 0 aliphatic rings. The van der Waals surface area contributed by atoms with Crippen LogP contribution in [0.4, 0.5) is 0 Å². The van der Waals surface area contributed by atoms with Crippen molar-refractivity contribution in [1.82, 2.24) is 24.9 Å². The van der Waals surface area contributed by atoms with E-state index in [1.165, 1.54) is 23.1 Å². The fraction of sp³-hybridized carbons (Fsp3) is 0.167. The van der Waals surface area contributed by atoms with Gasteiger partial charge in [0.15, 0.2) is 0 Å². The van der Waals surface area contributed by atoms with Crippen LogP contribution in [0.5, 0.6) is 0 Å². The highest BCUT2D eigenvalue weighted by Gasteiger charge is 2.17. The van der Waals surface area contributed by atoms with Crippen molar-refractivity contribution in [2.75, 3.05) is 0 Å². The molecule has 2 rings (SSSR count). The van der Waals surface area contributed by atoms with Crippen LogP contribution in [0, 0.1) is 0 Å². The zero-order valence-corrected chi connectivity index (χ0v) is 11.8. The van der Waals surface area contributed by atoms with Gasteiger partial charge in [0.2, 0.25) is 5.91 Å². The molecule has 1 N–H and O–H groups in total. The average molecular weight is 307 g/mol. The van der Waals surface area contributed by atoms with E-state index in [0.717, 1.165) is 0 Å². The standard InChI is InChI=1S/C12H13N5O3S/c1-2-3-7-12(18)14-21(19,20)11-6-4-5-10(8-11)17-9-13-15-16-17/h2,4-6,8-9H,1,3,7H2,(H,14,18). The summed E-state index contributed by atoms with van der Waals surface area (Å²) in [6.07, 6.45) is 3.36. The molecule has 1 amide bonds. The first-order chi connectivity index (χ1) is 10.0. The third-order valence-electron chi connectivity index (χ3n) is 2.57. The zero-order chi connectivity index (χ0) is 15.3. The van der Waals surface area contributed by atoms with E-state index in [4.69, 9.17) is 0 Å². The average Bonchev–Trinajstić information content (AvgIpc) is 2.99. The molecular formula is C12H13N5O3S. The number of sulfonamides is 1. The molecule has 1 aromatic heterocycles. The molecule has 0 fully saturated rings. The zero-order valence-electron chi connectivity index (χ0n) is 11.0. The van der Waals surface area contributed by atoms with Crippen LogP contribution in [0.15, 0.2) is 48.1 Å². The fourth-order valence-corrected chi connectivity index (χ4v) is 2.62. The predicted octanol–water partition coefficient (Wildman–Crippen LogP) is 0.433. The number of hydrogen-bond donors (Lipinski definition) is 1. The molecule has 110 valence electrons. The second-order valence-electron chi connectivity index (χ2n) is 4.11. The third-order valence-corrected chi connectivity index (χ3v) is 3.94. The van der Waals surface area contributed by atoms with Gasteiger partial charge in [0, 0.05) is 6.42 Å². The van der Waals surface area contributed by atoms with Crippen LogP contribution in [0.2, 0.25) is 0 Å². The van der Waals surface area contributed by atoms with Crippen molar-refractivity contribution >= 4 is 15.9 Å². The van der Waals surface area contributed by atoms with Crippen molar-refractivity contribution in [3.05, 3.63) is 43.2 Å². The summed E-state index contributed by atoms with van der Waals surface area (Å²) in [5, 5.41) is 10.6. The van der Waals surface area contributed by atoms with E-state index in [2.05, 4.69) is 22.1 Å². The molecule has 0 spiro atoms. The van der Waals surface area contributed by atoms with Gasteiger partial charge in [-0.2, -0.15) is 0 Å². The van der Waals surface area contributed by atoms with Crippen molar-refractivity contribution in [2.45, 2.75) is 17.7 Å². The molecule has 0 radical (unpaired) electrons. The first-order valence-corrected chi connectivity index (χ1v) is 7.51. The number of nitrogens with one attached hydrogen (secondary N) is 1. The molecule has 2 aromatic rings. The molecule has 0 bridgehead atoms. The molecule has 8 nitrogen and oxygen atoms in total. The van der Waals surface area contributed by atoms with Gasteiger partial charge in [-0.3, -0.25) is 4.79 Å². The molecule has 0 atom stereocenters. The molecule has 1 heterocycles. The van der Waals surface area contributed by atoms with Crippen LogP contribution in [-0.2, 0) is 14.8 Å². The normalized spacial score (nSPS) is 11.0. The van der Waals surface area contributed by atoms with Gasteiger partial charge in [0.05, 0.1) is 10.6 Å². The maximum atomic E-state index is 12.1. The number of benzene rings is 1. The number of amides is 1. The number of carbonyl (C=O) groups is 1. The lowest BCUT2D eigenvalue weighted by atomic mass is 10.3. The van der Waals surface area contributed by atoms with Crippen LogP contribution in [0.25, 0.3) is 5.69 Å². The molecule has 9 heteroatoms. The lowest BCUT2D eigenvalue weighted by Gasteiger charge is -2.07. The minimum Gasteiger partial charge on any atom is -0.274 e. The quantitative estimate of drug-likeness (QED) is 0.776. The van der Waals surface area contributed by atoms with Gasteiger partial charge >= 0.3 is 0 Å². The number of carbonyl (C=O) groups excluding carboxylic acids is 1. The molecule has 0 aliphatic heterocycles. The van der Waals surface area contributed by atoms with E-state index in [-0.39, 0.29) is 11.3 Å². The number of tetrazole rings is 1. The molecule has 0 aliphatic carbocycles. The number of aromatic nitrogens is 4. The van der Waals surface area contributed by atoms with Gasteiger partial charge in [-0.25, -0.2) is 17.8 Å². The third kappa shape index (κ3) is 3.72. The van der Waals surface area contributed by atoms with E-state index in [9.17, 15) is 13.2 Å². The van der Waals surface area contributed by atoms with Gasteiger partial charge < -0.3 is 0 Å². The smallest absolute Gasteiger partial charge is 0.264 e. The summed E-state index contributed by atoms with van der Waals surface area (Å²) < 4.78 is 27.5. The fourth-order valence-electron chi connectivity index (χ4n) is 1.57. The Balaban J connectivity index is 2.22. The van der Waals surface area contributed by atoms with E-state index in [0.29, 0.717) is 12.1 Å².